The minimum atomic E-state index is 0.740. The second kappa shape index (κ2) is 7.30. The number of rotatable bonds is 7. The van der Waals surface area contributed by atoms with Crippen LogP contribution in [0.4, 0.5) is 0 Å². The molecule has 0 atom stereocenters. The van der Waals surface area contributed by atoms with Gasteiger partial charge in [0.15, 0.2) is 5.01 Å². The fraction of sp³-hybridized carbons (Fsp3) is 0.455. The van der Waals surface area contributed by atoms with Gasteiger partial charge in [0.1, 0.15) is 5.01 Å². The van der Waals surface area contributed by atoms with Crippen LogP contribution >= 0.6 is 38.6 Å². The average molecular weight is 348 g/mol. The molecular formula is C11H14BrN3OS2. The maximum absolute atomic E-state index is 4.97. The lowest BCUT2D eigenvalue weighted by Crippen LogP contribution is -2.21. The first-order chi connectivity index (χ1) is 8.81. The van der Waals surface area contributed by atoms with Crippen LogP contribution in [-0.4, -0.2) is 37.0 Å². The highest BCUT2D eigenvalue weighted by molar-refractivity contribution is 9.10. The maximum Gasteiger partial charge on any atom is 0.158 e. The van der Waals surface area contributed by atoms with Gasteiger partial charge in [-0.3, -0.25) is 0 Å². The lowest BCUT2D eigenvalue weighted by Gasteiger charge is -2.00. The minimum absolute atomic E-state index is 0.740. The van der Waals surface area contributed by atoms with Gasteiger partial charge in [-0.15, -0.1) is 21.5 Å². The summed E-state index contributed by atoms with van der Waals surface area (Å²) in [7, 11) is 1.71. The van der Waals surface area contributed by atoms with Gasteiger partial charge < -0.3 is 10.1 Å². The summed E-state index contributed by atoms with van der Waals surface area (Å²) >= 11 is 6.85. The molecule has 0 unspecified atom stereocenters. The number of nitrogens with one attached hydrogen (secondary N) is 1. The average Bonchev–Trinajstić information content (AvgIpc) is 2.97. The third-order valence-electron chi connectivity index (χ3n) is 2.28. The van der Waals surface area contributed by atoms with E-state index < -0.39 is 0 Å². The molecule has 0 bridgehead atoms. The highest BCUT2D eigenvalue weighted by atomic mass is 79.9. The Balaban J connectivity index is 1.85. The van der Waals surface area contributed by atoms with Crippen molar-refractivity contribution in [2.45, 2.75) is 6.42 Å². The Hall–Kier alpha value is -0.340. The second-order valence-electron chi connectivity index (χ2n) is 3.59. The van der Waals surface area contributed by atoms with Crippen LogP contribution in [0, 0.1) is 0 Å². The molecule has 1 N–H and O–H groups in total. The van der Waals surface area contributed by atoms with Crippen molar-refractivity contribution in [2.75, 3.05) is 26.8 Å². The monoisotopic (exact) mass is 347 g/mol. The number of methoxy groups -OCH3 is 1. The zero-order valence-corrected chi connectivity index (χ0v) is 13.2. The van der Waals surface area contributed by atoms with Crippen LogP contribution in [0.5, 0.6) is 0 Å². The summed E-state index contributed by atoms with van der Waals surface area (Å²) in [5.41, 5.74) is 0. The Labute approximate surface area is 123 Å². The number of nitrogens with zero attached hydrogens (tertiary/aromatic N) is 2. The van der Waals surface area contributed by atoms with Crippen molar-refractivity contribution in [3.05, 3.63) is 20.9 Å². The number of ether oxygens (including phenoxy) is 1. The van der Waals surface area contributed by atoms with E-state index in [1.165, 1.54) is 0 Å². The van der Waals surface area contributed by atoms with Crippen molar-refractivity contribution >= 4 is 38.6 Å². The van der Waals surface area contributed by atoms with Gasteiger partial charge in [-0.05, 0) is 27.4 Å². The zero-order valence-electron chi connectivity index (χ0n) is 9.98. The van der Waals surface area contributed by atoms with E-state index in [1.54, 1.807) is 29.8 Å². The first kappa shape index (κ1) is 14.1. The predicted molar refractivity (Wildman–Crippen MR) is 79.4 cm³/mol. The fourth-order valence-electron chi connectivity index (χ4n) is 1.39. The molecule has 0 radical (unpaired) electrons. The summed E-state index contributed by atoms with van der Waals surface area (Å²) < 4.78 is 6.06. The molecule has 0 amide bonds. The van der Waals surface area contributed by atoms with Crippen LogP contribution in [0.1, 0.15) is 5.01 Å². The summed E-state index contributed by atoms with van der Waals surface area (Å²) in [4.78, 5) is 1.16. The quantitative estimate of drug-likeness (QED) is 0.782. The van der Waals surface area contributed by atoms with E-state index in [4.69, 9.17) is 4.74 Å². The van der Waals surface area contributed by atoms with Crippen molar-refractivity contribution in [3.63, 3.8) is 0 Å². The Bertz CT molecular complexity index is 486. The Morgan fingerprint density at radius 2 is 2.28 bits per heavy atom. The van der Waals surface area contributed by atoms with E-state index in [-0.39, 0.29) is 0 Å². The highest BCUT2D eigenvalue weighted by Crippen LogP contribution is 2.35. The zero-order chi connectivity index (χ0) is 12.8. The molecule has 18 heavy (non-hydrogen) atoms. The van der Waals surface area contributed by atoms with Crippen LogP contribution < -0.4 is 5.32 Å². The van der Waals surface area contributed by atoms with Gasteiger partial charge in [-0.25, -0.2) is 0 Å². The molecule has 0 fully saturated rings. The first-order valence-corrected chi connectivity index (χ1v) is 8.05. The van der Waals surface area contributed by atoms with E-state index in [1.807, 2.05) is 11.4 Å². The molecule has 2 heterocycles. The molecule has 0 saturated carbocycles. The van der Waals surface area contributed by atoms with E-state index in [0.717, 1.165) is 45.5 Å². The molecule has 2 aromatic rings. The van der Waals surface area contributed by atoms with Gasteiger partial charge in [-0.2, -0.15) is 0 Å². The number of hydrogen-bond donors (Lipinski definition) is 1. The normalized spacial score (nSPS) is 11.0. The number of halogens is 1. The molecule has 0 aliphatic heterocycles. The van der Waals surface area contributed by atoms with E-state index in [2.05, 4.69) is 31.4 Å². The Morgan fingerprint density at radius 1 is 1.39 bits per heavy atom. The van der Waals surface area contributed by atoms with Gasteiger partial charge in [0.2, 0.25) is 0 Å². The van der Waals surface area contributed by atoms with Crippen molar-refractivity contribution in [1.29, 1.82) is 0 Å². The summed E-state index contributed by atoms with van der Waals surface area (Å²) in [5, 5.41) is 15.8. The Kier molecular flexibility index (Phi) is 5.71. The van der Waals surface area contributed by atoms with E-state index in [9.17, 15) is 0 Å². The molecule has 0 aliphatic carbocycles. The predicted octanol–water partition coefficient (Wildman–Crippen LogP) is 2.81. The van der Waals surface area contributed by atoms with Gasteiger partial charge in [0.05, 0.1) is 11.5 Å². The van der Waals surface area contributed by atoms with Crippen LogP contribution in [0.3, 0.4) is 0 Å². The fourth-order valence-corrected chi connectivity index (χ4v) is 4.02. The first-order valence-electron chi connectivity index (χ1n) is 5.56. The molecular weight excluding hydrogens is 334 g/mol. The molecule has 2 aromatic heterocycles. The summed E-state index contributed by atoms with van der Waals surface area (Å²) in [6.45, 7) is 2.52. The lowest BCUT2D eigenvalue weighted by atomic mass is 10.4. The van der Waals surface area contributed by atoms with Crippen molar-refractivity contribution < 1.29 is 4.74 Å². The SMILES string of the molecule is COCCNCCc1nnc(-c2sccc2Br)s1. The third-order valence-corrected chi connectivity index (χ3v) is 5.25. The highest BCUT2D eigenvalue weighted by Gasteiger charge is 2.10. The van der Waals surface area contributed by atoms with Gasteiger partial charge in [0, 0.05) is 31.1 Å². The van der Waals surface area contributed by atoms with Gasteiger partial charge >= 0.3 is 0 Å². The van der Waals surface area contributed by atoms with Crippen LogP contribution in [0.25, 0.3) is 9.88 Å². The minimum Gasteiger partial charge on any atom is -0.383 e. The second-order valence-corrected chi connectivity index (χ2v) is 6.42. The lowest BCUT2D eigenvalue weighted by molar-refractivity contribution is 0.199. The molecule has 0 aliphatic rings. The van der Waals surface area contributed by atoms with Crippen LogP contribution in [0.2, 0.25) is 0 Å². The molecule has 4 nitrogen and oxygen atoms in total. The number of thiophene rings is 1. The standard InChI is InChI=1S/C11H14BrN3OS2/c1-16-6-5-13-4-2-9-14-15-11(18-9)10-8(12)3-7-17-10/h3,7,13H,2,4-6H2,1H3. The molecule has 98 valence electrons. The summed E-state index contributed by atoms with van der Waals surface area (Å²) in [6.07, 6.45) is 0.907. The van der Waals surface area contributed by atoms with Crippen molar-refractivity contribution in [2.24, 2.45) is 0 Å². The summed E-state index contributed by atoms with van der Waals surface area (Å²) in [6, 6.07) is 2.04. The van der Waals surface area contributed by atoms with Crippen molar-refractivity contribution in [1.82, 2.24) is 15.5 Å². The van der Waals surface area contributed by atoms with Crippen LogP contribution in [-0.2, 0) is 11.2 Å². The third kappa shape index (κ3) is 3.83. The Morgan fingerprint density at radius 3 is 3.00 bits per heavy atom. The molecule has 0 aromatic carbocycles. The molecule has 0 saturated heterocycles. The number of aromatic nitrogens is 2. The smallest absolute Gasteiger partial charge is 0.158 e. The van der Waals surface area contributed by atoms with E-state index >= 15 is 0 Å². The topological polar surface area (TPSA) is 47.0 Å². The largest absolute Gasteiger partial charge is 0.383 e. The van der Waals surface area contributed by atoms with Crippen LogP contribution in [0.15, 0.2) is 15.9 Å². The van der Waals surface area contributed by atoms with E-state index in [0.29, 0.717) is 0 Å². The maximum atomic E-state index is 4.97. The van der Waals surface area contributed by atoms with Gasteiger partial charge in [-0.1, -0.05) is 11.3 Å². The summed E-state index contributed by atoms with van der Waals surface area (Å²) in [5.74, 6) is 0. The van der Waals surface area contributed by atoms with Crippen molar-refractivity contribution in [3.8, 4) is 9.88 Å². The number of hydrogen-bond acceptors (Lipinski definition) is 6. The van der Waals surface area contributed by atoms with Gasteiger partial charge in [0.25, 0.3) is 0 Å². The molecule has 7 heteroatoms. The molecule has 2 rings (SSSR count). The molecule has 0 spiro atoms.